The first-order valence-corrected chi connectivity index (χ1v) is 6.57. The molecule has 0 saturated carbocycles. The van der Waals surface area contributed by atoms with Crippen LogP contribution in [-0.2, 0) is 0 Å². The van der Waals surface area contributed by atoms with Crippen molar-refractivity contribution < 1.29 is 0 Å². The van der Waals surface area contributed by atoms with Crippen LogP contribution < -0.4 is 5.73 Å². The standard InChI is InChI=1S/C12H16N4S/c1-3-4-8(2)11-15-16-12(17-11)9-5-6-10(13)14-7-9/h5-8H,3-4H2,1-2H3,(H2,13,14). The van der Waals surface area contributed by atoms with E-state index in [9.17, 15) is 0 Å². The predicted molar refractivity (Wildman–Crippen MR) is 70.9 cm³/mol. The second kappa shape index (κ2) is 5.23. The Morgan fingerprint density at radius 2 is 2.18 bits per heavy atom. The molecule has 0 radical (unpaired) electrons. The minimum atomic E-state index is 0.480. The number of pyridine rings is 1. The summed E-state index contributed by atoms with van der Waals surface area (Å²) in [4.78, 5) is 4.06. The second-order valence-electron chi connectivity index (χ2n) is 4.11. The highest BCUT2D eigenvalue weighted by atomic mass is 32.1. The quantitative estimate of drug-likeness (QED) is 0.903. The van der Waals surface area contributed by atoms with Crippen LogP contribution in [0, 0.1) is 0 Å². The number of aromatic nitrogens is 3. The highest BCUT2D eigenvalue weighted by Gasteiger charge is 2.12. The lowest BCUT2D eigenvalue weighted by atomic mass is 10.1. The Morgan fingerprint density at radius 1 is 1.35 bits per heavy atom. The molecule has 0 bridgehead atoms. The molecule has 4 nitrogen and oxygen atoms in total. The van der Waals surface area contributed by atoms with Gasteiger partial charge in [0.2, 0.25) is 0 Å². The van der Waals surface area contributed by atoms with E-state index in [1.54, 1.807) is 23.6 Å². The molecule has 2 N–H and O–H groups in total. The lowest BCUT2D eigenvalue weighted by Gasteiger charge is -2.03. The summed E-state index contributed by atoms with van der Waals surface area (Å²) in [5.41, 5.74) is 6.53. The summed E-state index contributed by atoms with van der Waals surface area (Å²) in [7, 11) is 0. The molecular formula is C12H16N4S. The van der Waals surface area contributed by atoms with E-state index in [1.807, 2.05) is 6.07 Å². The van der Waals surface area contributed by atoms with Gasteiger partial charge in [-0.3, -0.25) is 0 Å². The molecule has 0 aliphatic heterocycles. The first-order chi connectivity index (χ1) is 8.20. The fourth-order valence-electron chi connectivity index (χ4n) is 1.64. The Kier molecular flexibility index (Phi) is 3.68. The maximum Gasteiger partial charge on any atom is 0.149 e. The van der Waals surface area contributed by atoms with Crippen molar-refractivity contribution in [3.05, 3.63) is 23.3 Å². The summed E-state index contributed by atoms with van der Waals surface area (Å²) in [6.07, 6.45) is 4.05. The van der Waals surface area contributed by atoms with Crippen molar-refractivity contribution in [2.45, 2.75) is 32.6 Å². The molecule has 0 aliphatic rings. The van der Waals surface area contributed by atoms with Crippen LogP contribution in [-0.4, -0.2) is 15.2 Å². The van der Waals surface area contributed by atoms with Crippen LogP contribution >= 0.6 is 11.3 Å². The molecule has 1 unspecified atom stereocenters. The molecule has 2 rings (SSSR count). The zero-order valence-electron chi connectivity index (χ0n) is 10.1. The number of hydrogen-bond donors (Lipinski definition) is 1. The van der Waals surface area contributed by atoms with E-state index in [0.717, 1.165) is 22.0 Å². The van der Waals surface area contributed by atoms with Gasteiger partial charge in [-0.25, -0.2) is 4.98 Å². The number of nitrogen functional groups attached to an aromatic ring is 1. The van der Waals surface area contributed by atoms with Crippen molar-refractivity contribution in [1.82, 2.24) is 15.2 Å². The van der Waals surface area contributed by atoms with Crippen LogP contribution in [0.1, 0.15) is 37.6 Å². The fourth-order valence-corrected chi connectivity index (χ4v) is 2.56. The fraction of sp³-hybridized carbons (Fsp3) is 0.417. The van der Waals surface area contributed by atoms with Gasteiger partial charge < -0.3 is 5.73 Å². The molecule has 17 heavy (non-hydrogen) atoms. The molecule has 2 aromatic rings. The molecule has 0 aliphatic carbocycles. The Bertz CT molecular complexity index is 478. The normalized spacial score (nSPS) is 12.6. The van der Waals surface area contributed by atoms with Crippen molar-refractivity contribution in [1.29, 1.82) is 0 Å². The first-order valence-electron chi connectivity index (χ1n) is 5.76. The molecule has 2 aromatic heterocycles. The van der Waals surface area contributed by atoms with Gasteiger partial charge in [0.05, 0.1) is 0 Å². The van der Waals surface area contributed by atoms with Crippen LogP contribution in [0.25, 0.3) is 10.6 Å². The lowest BCUT2D eigenvalue weighted by molar-refractivity contribution is 0.654. The summed E-state index contributed by atoms with van der Waals surface area (Å²) in [6.45, 7) is 4.37. The van der Waals surface area contributed by atoms with Crippen molar-refractivity contribution in [3.8, 4) is 10.6 Å². The molecule has 1 atom stereocenters. The molecule has 5 heteroatoms. The largest absolute Gasteiger partial charge is 0.384 e. The van der Waals surface area contributed by atoms with Gasteiger partial charge >= 0.3 is 0 Å². The number of nitrogens with two attached hydrogens (primary N) is 1. The average Bonchev–Trinajstić information content (AvgIpc) is 2.80. The molecule has 90 valence electrons. The lowest BCUT2D eigenvalue weighted by Crippen LogP contribution is -1.91. The third-order valence-corrected chi connectivity index (χ3v) is 3.82. The zero-order chi connectivity index (χ0) is 12.3. The minimum absolute atomic E-state index is 0.480. The van der Waals surface area contributed by atoms with Crippen molar-refractivity contribution in [2.75, 3.05) is 5.73 Å². The van der Waals surface area contributed by atoms with Gasteiger partial charge in [0.15, 0.2) is 0 Å². The first kappa shape index (κ1) is 12.0. The van der Waals surface area contributed by atoms with Crippen LogP contribution in [0.4, 0.5) is 5.82 Å². The molecule has 0 fully saturated rings. The van der Waals surface area contributed by atoms with Crippen molar-refractivity contribution >= 4 is 17.2 Å². The maximum absolute atomic E-state index is 5.55. The summed E-state index contributed by atoms with van der Waals surface area (Å²) in [5, 5.41) is 10.5. The smallest absolute Gasteiger partial charge is 0.149 e. The van der Waals surface area contributed by atoms with Crippen LogP contribution in [0.5, 0.6) is 0 Å². The summed E-state index contributed by atoms with van der Waals surface area (Å²) < 4.78 is 0. The molecule has 0 saturated heterocycles. The zero-order valence-corrected chi connectivity index (χ0v) is 10.9. The highest BCUT2D eigenvalue weighted by Crippen LogP contribution is 2.29. The molecule has 2 heterocycles. The summed E-state index contributed by atoms with van der Waals surface area (Å²) in [5.74, 6) is 1.01. The van der Waals surface area contributed by atoms with E-state index in [1.165, 1.54) is 6.42 Å². The number of rotatable bonds is 4. The van der Waals surface area contributed by atoms with Crippen LogP contribution in [0.2, 0.25) is 0 Å². The topological polar surface area (TPSA) is 64.7 Å². The van der Waals surface area contributed by atoms with E-state index in [-0.39, 0.29) is 0 Å². The number of hydrogen-bond acceptors (Lipinski definition) is 5. The molecule has 0 aromatic carbocycles. The van der Waals surface area contributed by atoms with E-state index < -0.39 is 0 Å². The van der Waals surface area contributed by atoms with Gasteiger partial charge in [-0.1, -0.05) is 31.6 Å². The summed E-state index contributed by atoms with van der Waals surface area (Å²) in [6, 6.07) is 3.71. The van der Waals surface area contributed by atoms with E-state index in [4.69, 9.17) is 5.73 Å². The molecular weight excluding hydrogens is 232 g/mol. The highest BCUT2D eigenvalue weighted by molar-refractivity contribution is 7.14. The Balaban J connectivity index is 2.20. The van der Waals surface area contributed by atoms with Gasteiger partial charge in [-0.15, -0.1) is 10.2 Å². The maximum atomic E-state index is 5.55. The van der Waals surface area contributed by atoms with Gasteiger partial charge in [0.25, 0.3) is 0 Å². The molecule has 0 spiro atoms. The molecule has 0 amide bonds. The summed E-state index contributed by atoms with van der Waals surface area (Å²) >= 11 is 1.64. The third-order valence-electron chi connectivity index (χ3n) is 2.62. The average molecular weight is 248 g/mol. The monoisotopic (exact) mass is 248 g/mol. The van der Waals surface area contributed by atoms with Gasteiger partial charge in [-0.2, -0.15) is 0 Å². The van der Waals surface area contributed by atoms with E-state index in [2.05, 4.69) is 29.0 Å². The minimum Gasteiger partial charge on any atom is -0.384 e. The van der Waals surface area contributed by atoms with Gasteiger partial charge in [0.1, 0.15) is 15.8 Å². The third kappa shape index (κ3) is 2.79. The van der Waals surface area contributed by atoms with E-state index >= 15 is 0 Å². The Hall–Kier alpha value is -1.49. The Labute approximate surface area is 105 Å². The van der Waals surface area contributed by atoms with Gasteiger partial charge in [-0.05, 0) is 18.6 Å². The Morgan fingerprint density at radius 3 is 2.82 bits per heavy atom. The second-order valence-corrected chi connectivity index (χ2v) is 5.12. The number of nitrogens with zero attached hydrogens (tertiary/aromatic N) is 3. The predicted octanol–water partition coefficient (Wildman–Crippen LogP) is 3.09. The number of anilines is 1. The van der Waals surface area contributed by atoms with Crippen molar-refractivity contribution in [3.63, 3.8) is 0 Å². The van der Waals surface area contributed by atoms with Gasteiger partial charge in [0, 0.05) is 17.7 Å². The van der Waals surface area contributed by atoms with Crippen molar-refractivity contribution in [2.24, 2.45) is 0 Å². The SMILES string of the molecule is CCCC(C)c1nnc(-c2ccc(N)nc2)s1. The van der Waals surface area contributed by atoms with Crippen LogP contribution in [0.15, 0.2) is 18.3 Å². The van der Waals surface area contributed by atoms with E-state index in [0.29, 0.717) is 11.7 Å². The van der Waals surface area contributed by atoms with Crippen LogP contribution in [0.3, 0.4) is 0 Å².